The summed E-state index contributed by atoms with van der Waals surface area (Å²) in [6, 6.07) is 13.4. The highest BCUT2D eigenvalue weighted by Crippen LogP contribution is 2.31. The smallest absolute Gasteiger partial charge is 0.196 e. The first kappa shape index (κ1) is 14.7. The molecule has 0 saturated heterocycles. The van der Waals surface area contributed by atoms with Crippen LogP contribution in [-0.4, -0.2) is 25.8 Å². The first-order valence-corrected chi connectivity index (χ1v) is 8.14. The topological polar surface area (TPSA) is 35.5 Å². The molecule has 0 atom stereocenters. The molecule has 3 rings (SSSR count). The lowest BCUT2D eigenvalue weighted by atomic mass is 9.98. The zero-order valence-corrected chi connectivity index (χ0v) is 13.3. The lowest BCUT2D eigenvalue weighted by molar-refractivity contribution is 0.100. The third-order valence-corrected chi connectivity index (χ3v) is 4.31. The van der Waals surface area contributed by atoms with Gasteiger partial charge in [-0.2, -0.15) is 0 Å². The van der Waals surface area contributed by atoms with Crippen molar-refractivity contribution in [3.05, 3.63) is 59.2 Å². The summed E-state index contributed by atoms with van der Waals surface area (Å²) in [5.41, 5.74) is 2.20. The second-order valence-corrected chi connectivity index (χ2v) is 5.80. The Bertz CT molecular complexity index is 732. The van der Waals surface area contributed by atoms with Crippen molar-refractivity contribution in [2.24, 2.45) is 0 Å². The molecular weight excluding hydrogens is 296 g/mol. The van der Waals surface area contributed by atoms with Gasteiger partial charge in [-0.1, -0.05) is 12.1 Å². The molecule has 0 fully saturated rings. The monoisotopic (exact) mass is 312 g/mol. The van der Waals surface area contributed by atoms with E-state index in [0.717, 1.165) is 5.56 Å². The number of carbonyl (C=O) groups is 1. The van der Waals surface area contributed by atoms with Gasteiger partial charge in [-0.25, -0.2) is 0 Å². The lowest BCUT2D eigenvalue weighted by Crippen LogP contribution is -2.19. The number of fused-ring (bicyclic) bond motifs is 1. The zero-order chi connectivity index (χ0) is 15.5. The molecule has 112 valence electrons. The van der Waals surface area contributed by atoms with Crippen LogP contribution in [0.5, 0.6) is 11.5 Å². The Hall–Kier alpha value is -2.20. The molecule has 0 aliphatic carbocycles. The maximum absolute atomic E-state index is 12.6. The highest BCUT2D eigenvalue weighted by molar-refractivity contribution is 7.98. The minimum absolute atomic E-state index is 0.00547. The number of hydrogen-bond acceptors (Lipinski definition) is 4. The first-order valence-electron chi connectivity index (χ1n) is 6.91. The van der Waals surface area contributed by atoms with Gasteiger partial charge in [0.1, 0.15) is 18.1 Å². The Morgan fingerprint density at radius 3 is 2.64 bits per heavy atom. The van der Waals surface area contributed by atoms with Crippen molar-refractivity contribution in [3.63, 3.8) is 0 Å². The number of ketones is 1. The molecule has 0 bridgehead atoms. The molecule has 0 aromatic heterocycles. The van der Waals surface area contributed by atoms with Crippen molar-refractivity contribution in [1.29, 1.82) is 0 Å². The van der Waals surface area contributed by atoms with E-state index in [1.54, 1.807) is 37.1 Å². The number of ether oxygens (including phenoxy) is 2. The quantitative estimate of drug-likeness (QED) is 0.632. The number of benzene rings is 2. The molecule has 4 heteroatoms. The molecule has 2 aromatic carbocycles. The Labute approximate surface area is 133 Å². The fourth-order valence-electron chi connectivity index (χ4n) is 2.34. The molecule has 0 spiro atoms. The molecule has 1 aliphatic heterocycles. The van der Waals surface area contributed by atoms with Crippen molar-refractivity contribution in [2.75, 3.05) is 20.0 Å². The summed E-state index contributed by atoms with van der Waals surface area (Å²) in [5, 5.41) is 0. The van der Waals surface area contributed by atoms with E-state index >= 15 is 0 Å². The molecule has 2 aromatic rings. The SMILES string of the molecule is COc1ccc2c(c1)C(=O)C(=Cc1ccc(SC)cc1)CO2. The predicted octanol–water partition coefficient (Wildman–Crippen LogP) is 4.08. The van der Waals surface area contributed by atoms with Gasteiger partial charge < -0.3 is 9.47 Å². The number of carbonyl (C=O) groups excluding carboxylic acids is 1. The third-order valence-electron chi connectivity index (χ3n) is 3.56. The van der Waals surface area contributed by atoms with E-state index in [1.165, 1.54) is 4.90 Å². The van der Waals surface area contributed by atoms with Crippen LogP contribution in [0.1, 0.15) is 15.9 Å². The highest BCUT2D eigenvalue weighted by Gasteiger charge is 2.23. The van der Waals surface area contributed by atoms with Gasteiger partial charge >= 0.3 is 0 Å². The number of methoxy groups -OCH3 is 1. The van der Waals surface area contributed by atoms with Gasteiger partial charge in [-0.15, -0.1) is 11.8 Å². The number of thioether (sulfide) groups is 1. The maximum Gasteiger partial charge on any atom is 0.196 e. The van der Waals surface area contributed by atoms with Crippen LogP contribution in [-0.2, 0) is 0 Å². The number of hydrogen-bond donors (Lipinski definition) is 0. The molecule has 0 N–H and O–H groups in total. The molecule has 1 aliphatic rings. The van der Waals surface area contributed by atoms with Crippen LogP contribution in [0.25, 0.3) is 6.08 Å². The van der Waals surface area contributed by atoms with Crippen LogP contribution in [0, 0.1) is 0 Å². The Balaban J connectivity index is 1.92. The van der Waals surface area contributed by atoms with Crippen LogP contribution in [0.3, 0.4) is 0 Å². The van der Waals surface area contributed by atoms with E-state index in [-0.39, 0.29) is 5.78 Å². The Kier molecular flexibility index (Phi) is 4.20. The van der Waals surface area contributed by atoms with Gasteiger partial charge in [0.2, 0.25) is 0 Å². The van der Waals surface area contributed by atoms with Gasteiger partial charge in [-0.3, -0.25) is 4.79 Å². The Morgan fingerprint density at radius 1 is 1.18 bits per heavy atom. The summed E-state index contributed by atoms with van der Waals surface area (Å²) in [7, 11) is 1.58. The van der Waals surface area contributed by atoms with Crippen LogP contribution in [0.15, 0.2) is 52.9 Å². The largest absolute Gasteiger partial charge is 0.497 e. The van der Waals surface area contributed by atoms with Crippen molar-refractivity contribution in [1.82, 2.24) is 0 Å². The first-order chi connectivity index (χ1) is 10.7. The van der Waals surface area contributed by atoms with Crippen molar-refractivity contribution >= 4 is 23.6 Å². The average Bonchev–Trinajstić information content (AvgIpc) is 2.58. The average molecular weight is 312 g/mol. The third kappa shape index (κ3) is 2.88. The van der Waals surface area contributed by atoms with Gasteiger partial charge in [-0.05, 0) is 48.2 Å². The van der Waals surface area contributed by atoms with E-state index in [0.29, 0.717) is 29.2 Å². The van der Waals surface area contributed by atoms with Crippen LogP contribution in [0.4, 0.5) is 0 Å². The molecule has 3 nitrogen and oxygen atoms in total. The van der Waals surface area contributed by atoms with E-state index < -0.39 is 0 Å². The second kappa shape index (κ2) is 6.28. The predicted molar refractivity (Wildman–Crippen MR) is 89.0 cm³/mol. The molecule has 22 heavy (non-hydrogen) atoms. The van der Waals surface area contributed by atoms with E-state index in [2.05, 4.69) is 0 Å². The molecule has 0 amide bonds. The van der Waals surface area contributed by atoms with Gasteiger partial charge in [0.15, 0.2) is 5.78 Å². The van der Waals surface area contributed by atoms with Crippen LogP contribution < -0.4 is 9.47 Å². The molecule has 1 heterocycles. The minimum atomic E-state index is -0.00547. The zero-order valence-electron chi connectivity index (χ0n) is 12.5. The number of rotatable bonds is 3. The summed E-state index contributed by atoms with van der Waals surface area (Å²) in [5.74, 6) is 1.26. The summed E-state index contributed by atoms with van der Waals surface area (Å²) in [6.07, 6.45) is 3.92. The Morgan fingerprint density at radius 2 is 1.95 bits per heavy atom. The fourth-order valence-corrected chi connectivity index (χ4v) is 2.75. The molecular formula is C18H16O3S. The van der Waals surface area contributed by atoms with Gasteiger partial charge in [0.25, 0.3) is 0 Å². The fraction of sp³-hybridized carbons (Fsp3) is 0.167. The normalized spacial score (nSPS) is 15.4. The lowest BCUT2D eigenvalue weighted by Gasteiger charge is -2.19. The van der Waals surface area contributed by atoms with Crippen molar-refractivity contribution in [2.45, 2.75) is 4.90 Å². The minimum Gasteiger partial charge on any atom is -0.497 e. The summed E-state index contributed by atoms with van der Waals surface area (Å²) >= 11 is 1.69. The van der Waals surface area contributed by atoms with Crippen LogP contribution in [0.2, 0.25) is 0 Å². The molecule has 0 saturated carbocycles. The van der Waals surface area contributed by atoms with E-state index in [1.807, 2.05) is 36.6 Å². The van der Waals surface area contributed by atoms with Crippen molar-refractivity contribution < 1.29 is 14.3 Å². The van der Waals surface area contributed by atoms with Gasteiger partial charge in [0, 0.05) is 10.5 Å². The number of Topliss-reactive ketones (excluding diaryl/α,β-unsaturated/α-hetero) is 1. The standard InChI is InChI=1S/C18H16O3S/c1-20-14-5-8-17-16(10-14)18(19)13(11-21-17)9-12-3-6-15(22-2)7-4-12/h3-10H,11H2,1-2H3. The van der Waals surface area contributed by atoms with E-state index in [4.69, 9.17) is 9.47 Å². The second-order valence-electron chi connectivity index (χ2n) is 4.92. The van der Waals surface area contributed by atoms with Crippen LogP contribution >= 0.6 is 11.8 Å². The summed E-state index contributed by atoms with van der Waals surface area (Å²) in [6.45, 7) is 0.294. The summed E-state index contributed by atoms with van der Waals surface area (Å²) in [4.78, 5) is 13.8. The van der Waals surface area contributed by atoms with Gasteiger partial charge in [0.05, 0.1) is 12.7 Å². The molecule has 0 radical (unpaired) electrons. The molecule has 0 unspecified atom stereocenters. The van der Waals surface area contributed by atoms with E-state index in [9.17, 15) is 4.79 Å². The summed E-state index contributed by atoms with van der Waals surface area (Å²) < 4.78 is 10.9. The van der Waals surface area contributed by atoms with Crippen molar-refractivity contribution in [3.8, 4) is 11.5 Å². The maximum atomic E-state index is 12.6. The highest BCUT2D eigenvalue weighted by atomic mass is 32.2.